The van der Waals surface area contributed by atoms with Gasteiger partial charge >= 0.3 is 5.97 Å². The van der Waals surface area contributed by atoms with E-state index < -0.39 is 0 Å². The first-order valence-corrected chi connectivity index (χ1v) is 8.90. The minimum absolute atomic E-state index is 0. The maximum absolute atomic E-state index is 11.6. The van der Waals surface area contributed by atoms with E-state index in [0.717, 1.165) is 45.7 Å². The van der Waals surface area contributed by atoms with Gasteiger partial charge in [0.1, 0.15) is 0 Å². The highest BCUT2D eigenvalue weighted by Crippen LogP contribution is 2.11. The molecule has 0 aromatic heterocycles. The number of rotatable bonds is 6. The summed E-state index contributed by atoms with van der Waals surface area (Å²) in [6.45, 7) is 6.49. The second kappa shape index (κ2) is 12.0. The second-order valence-corrected chi connectivity index (χ2v) is 6.55. The van der Waals surface area contributed by atoms with Crippen LogP contribution in [0.25, 0.3) is 0 Å². The van der Waals surface area contributed by atoms with Crippen molar-refractivity contribution in [3.8, 4) is 0 Å². The highest BCUT2D eigenvalue weighted by molar-refractivity contribution is 5.89. The molecule has 3 rings (SSSR count). The van der Waals surface area contributed by atoms with E-state index in [2.05, 4.69) is 46.2 Å². The van der Waals surface area contributed by atoms with E-state index in [-0.39, 0.29) is 30.8 Å². The third-order valence-electron chi connectivity index (χ3n) is 4.78. The zero-order chi connectivity index (χ0) is 17.5. The van der Waals surface area contributed by atoms with Crippen LogP contribution in [0.1, 0.15) is 21.5 Å². The van der Waals surface area contributed by atoms with Crippen molar-refractivity contribution in [2.45, 2.75) is 13.0 Å². The molecule has 0 N–H and O–H groups in total. The molecule has 1 aliphatic rings. The minimum atomic E-state index is -0.267. The Kier molecular flexibility index (Phi) is 10.4. The van der Waals surface area contributed by atoms with Crippen molar-refractivity contribution in [2.24, 2.45) is 0 Å². The predicted octanol–water partition coefficient (Wildman–Crippen LogP) is 3.68. The van der Waals surface area contributed by atoms with Crippen LogP contribution in [0.4, 0.5) is 0 Å². The van der Waals surface area contributed by atoms with Crippen LogP contribution in [0, 0.1) is 0 Å². The predicted molar refractivity (Wildman–Crippen MR) is 114 cm³/mol. The van der Waals surface area contributed by atoms with Crippen LogP contribution in [-0.2, 0) is 17.7 Å². The number of piperazine rings is 1. The van der Waals surface area contributed by atoms with Gasteiger partial charge in [0.15, 0.2) is 0 Å². The lowest BCUT2D eigenvalue weighted by Gasteiger charge is -2.34. The summed E-state index contributed by atoms with van der Waals surface area (Å²) < 4.78 is 4.79. The fourth-order valence-electron chi connectivity index (χ4n) is 3.27. The quantitative estimate of drug-likeness (QED) is 0.679. The van der Waals surface area contributed by atoms with E-state index in [9.17, 15) is 4.79 Å². The van der Waals surface area contributed by atoms with Gasteiger partial charge in [-0.05, 0) is 29.7 Å². The molecule has 4 nitrogen and oxygen atoms in total. The molecule has 0 atom stereocenters. The van der Waals surface area contributed by atoms with E-state index in [4.69, 9.17) is 4.74 Å². The average molecular weight is 411 g/mol. The first-order valence-electron chi connectivity index (χ1n) is 8.90. The molecule has 0 amide bonds. The average Bonchev–Trinajstić information content (AvgIpc) is 2.68. The van der Waals surface area contributed by atoms with E-state index in [1.807, 2.05) is 12.1 Å². The number of benzene rings is 2. The summed E-state index contributed by atoms with van der Waals surface area (Å²) in [4.78, 5) is 16.6. The van der Waals surface area contributed by atoms with E-state index >= 15 is 0 Å². The molecule has 1 fully saturated rings. The lowest BCUT2D eigenvalue weighted by atomic mass is 10.1. The third-order valence-corrected chi connectivity index (χ3v) is 4.78. The number of hydrogen-bond acceptors (Lipinski definition) is 4. The molecule has 6 heteroatoms. The zero-order valence-electron chi connectivity index (χ0n) is 15.7. The molecule has 2 aromatic rings. The van der Waals surface area contributed by atoms with Gasteiger partial charge in [-0.15, -0.1) is 24.8 Å². The Bertz CT molecular complexity index is 690. The Balaban J connectivity index is 0.00000182. The first kappa shape index (κ1) is 23.4. The zero-order valence-corrected chi connectivity index (χ0v) is 17.3. The summed E-state index contributed by atoms with van der Waals surface area (Å²) in [6.07, 6.45) is 0.962. The van der Waals surface area contributed by atoms with Crippen molar-refractivity contribution in [3.63, 3.8) is 0 Å². The summed E-state index contributed by atoms with van der Waals surface area (Å²) in [7, 11) is 1.42. The first-order chi connectivity index (χ1) is 12.2. The highest BCUT2D eigenvalue weighted by atomic mass is 35.5. The fourth-order valence-corrected chi connectivity index (χ4v) is 3.27. The molecule has 0 saturated carbocycles. The molecule has 0 aliphatic carbocycles. The van der Waals surface area contributed by atoms with Gasteiger partial charge in [-0.25, -0.2) is 4.79 Å². The number of halogens is 2. The van der Waals surface area contributed by atoms with E-state index in [0.29, 0.717) is 5.56 Å². The van der Waals surface area contributed by atoms with Crippen LogP contribution in [0.3, 0.4) is 0 Å². The maximum Gasteiger partial charge on any atom is 0.337 e. The van der Waals surface area contributed by atoms with Gasteiger partial charge in [0.25, 0.3) is 0 Å². The number of carbonyl (C=O) groups is 1. The van der Waals surface area contributed by atoms with Crippen molar-refractivity contribution >= 4 is 30.8 Å². The Morgan fingerprint density at radius 1 is 0.889 bits per heavy atom. The van der Waals surface area contributed by atoms with Gasteiger partial charge in [0.2, 0.25) is 0 Å². The molecule has 1 saturated heterocycles. The Morgan fingerprint density at radius 2 is 1.52 bits per heavy atom. The maximum atomic E-state index is 11.6. The van der Waals surface area contributed by atoms with Gasteiger partial charge in [-0.1, -0.05) is 42.5 Å². The molecule has 2 aromatic carbocycles. The summed E-state index contributed by atoms with van der Waals surface area (Å²) in [6, 6.07) is 18.4. The summed E-state index contributed by atoms with van der Waals surface area (Å²) >= 11 is 0. The topological polar surface area (TPSA) is 32.8 Å². The number of nitrogens with zero attached hydrogens (tertiary/aromatic N) is 2. The molecule has 1 heterocycles. The van der Waals surface area contributed by atoms with Crippen LogP contribution < -0.4 is 0 Å². The Labute approximate surface area is 174 Å². The molecule has 27 heavy (non-hydrogen) atoms. The van der Waals surface area contributed by atoms with Gasteiger partial charge in [0.05, 0.1) is 12.7 Å². The molecule has 0 radical (unpaired) electrons. The molecule has 148 valence electrons. The summed E-state index contributed by atoms with van der Waals surface area (Å²) in [5.41, 5.74) is 3.21. The van der Waals surface area contributed by atoms with Crippen molar-refractivity contribution in [3.05, 3.63) is 71.3 Å². The van der Waals surface area contributed by atoms with E-state index in [1.54, 1.807) is 6.07 Å². The van der Waals surface area contributed by atoms with Crippen LogP contribution in [0.5, 0.6) is 0 Å². The Hall–Kier alpha value is -1.59. The minimum Gasteiger partial charge on any atom is -0.465 e. The number of methoxy groups -OCH3 is 1. The van der Waals surface area contributed by atoms with Gasteiger partial charge in [-0.3, -0.25) is 4.90 Å². The largest absolute Gasteiger partial charge is 0.465 e. The van der Waals surface area contributed by atoms with Crippen LogP contribution in [0.15, 0.2) is 54.6 Å². The van der Waals surface area contributed by atoms with E-state index in [1.165, 1.54) is 18.2 Å². The number of carbonyl (C=O) groups excluding carboxylic acids is 1. The molecular weight excluding hydrogens is 383 g/mol. The monoisotopic (exact) mass is 410 g/mol. The summed E-state index contributed by atoms with van der Waals surface area (Å²) in [5, 5.41) is 0. The normalized spacial score (nSPS) is 14.7. The molecule has 0 unspecified atom stereocenters. The number of ether oxygens (including phenoxy) is 1. The molecule has 1 aliphatic heterocycles. The van der Waals surface area contributed by atoms with Gasteiger partial charge < -0.3 is 9.64 Å². The van der Waals surface area contributed by atoms with Crippen LogP contribution in [-0.4, -0.2) is 55.6 Å². The Morgan fingerprint density at radius 3 is 2.19 bits per heavy atom. The lowest BCUT2D eigenvalue weighted by molar-refractivity contribution is 0.0600. The smallest absolute Gasteiger partial charge is 0.337 e. The standard InChI is InChI=1S/C21H26N2O2.2ClH/c1-25-21(24)20-9-5-8-18(16-20)10-11-22-12-14-23(15-13-22)17-19-6-3-2-4-7-19;;/h2-9,16H,10-15,17H2,1H3;2*1H. The number of esters is 1. The SMILES string of the molecule is COC(=O)c1cccc(CCN2CCN(Cc3ccccc3)CC2)c1.Cl.Cl. The summed E-state index contributed by atoms with van der Waals surface area (Å²) in [5.74, 6) is -0.267. The third kappa shape index (κ3) is 7.15. The van der Waals surface area contributed by atoms with Crippen molar-refractivity contribution in [2.75, 3.05) is 39.8 Å². The number of hydrogen-bond donors (Lipinski definition) is 0. The highest BCUT2D eigenvalue weighted by Gasteiger charge is 2.16. The van der Waals surface area contributed by atoms with Gasteiger partial charge in [-0.2, -0.15) is 0 Å². The van der Waals surface area contributed by atoms with Crippen molar-refractivity contribution < 1.29 is 9.53 Å². The van der Waals surface area contributed by atoms with Crippen LogP contribution in [0.2, 0.25) is 0 Å². The lowest BCUT2D eigenvalue weighted by Crippen LogP contribution is -2.46. The fraction of sp³-hybridized carbons (Fsp3) is 0.381. The molecular formula is C21H28Cl2N2O2. The van der Waals surface area contributed by atoms with Crippen molar-refractivity contribution in [1.82, 2.24) is 9.80 Å². The molecule has 0 bridgehead atoms. The van der Waals surface area contributed by atoms with Crippen molar-refractivity contribution in [1.29, 1.82) is 0 Å². The van der Waals surface area contributed by atoms with Crippen LogP contribution >= 0.6 is 24.8 Å². The molecule has 0 spiro atoms. The second-order valence-electron chi connectivity index (χ2n) is 6.55. The van der Waals surface area contributed by atoms with Gasteiger partial charge in [0, 0.05) is 39.3 Å².